The van der Waals surface area contributed by atoms with Crippen molar-refractivity contribution < 1.29 is 75.7 Å². The van der Waals surface area contributed by atoms with Crippen LogP contribution in [0.2, 0.25) is 0 Å². The summed E-state index contributed by atoms with van der Waals surface area (Å²) in [5.41, 5.74) is 4.32. The van der Waals surface area contributed by atoms with Crippen LogP contribution in [0.25, 0.3) is 11.2 Å². The van der Waals surface area contributed by atoms with E-state index >= 15 is 0 Å². The number of rotatable bonds is 17. The number of hydrogen-bond acceptors (Lipinski definition) is 20. The fraction of sp³-hybridized carbons (Fsp3) is 0.619. The van der Waals surface area contributed by atoms with Gasteiger partial charge in [0.05, 0.1) is 26.4 Å². The molecule has 3 unspecified atom stereocenters. The highest BCUT2D eigenvalue weighted by Gasteiger charge is 2.49. The number of ether oxygens (including phenoxy) is 1. The number of carbonyl (C=O) groups is 2. The second-order valence-electron chi connectivity index (χ2n) is 10.5. The van der Waals surface area contributed by atoms with Gasteiger partial charge >= 0.3 is 0 Å². The zero-order chi connectivity index (χ0) is 35.4. The van der Waals surface area contributed by atoms with Crippen LogP contribution >= 0.6 is 36.1 Å². The summed E-state index contributed by atoms with van der Waals surface area (Å²) in [7, 11) is -18.0. The van der Waals surface area contributed by atoms with Crippen LogP contribution in [0.5, 0.6) is 0 Å². The first-order chi connectivity index (χ1) is 21.7. The summed E-state index contributed by atoms with van der Waals surface area (Å²) in [6, 6.07) is 1.38. The van der Waals surface area contributed by atoms with Gasteiger partial charge in [-0.05, 0) is 6.07 Å². The predicted molar refractivity (Wildman–Crippen MR) is 152 cm³/mol. The molecule has 3 heterocycles. The number of fused-ring (bicyclic) bond motifs is 1. The Labute approximate surface area is 271 Å². The number of carbonyl (C=O) groups excluding carboxylic acids is 2. The number of nitrogens with one attached hydrogen (secondary N) is 2. The number of aliphatic hydroxyl groups is 2. The second kappa shape index (κ2) is 15.7. The maximum absolute atomic E-state index is 12.6. The number of imidazole rings is 1. The monoisotopic (exact) mass is 748 g/mol. The molecular weight excluding hydrogens is 717 g/mol. The highest BCUT2D eigenvalue weighted by atomic mass is 32.1. The van der Waals surface area contributed by atoms with Gasteiger partial charge in [0, 0.05) is 36.9 Å². The third kappa shape index (κ3) is 11.0. The summed E-state index contributed by atoms with van der Waals surface area (Å²) in [5, 5.41) is 25.9. The van der Waals surface area contributed by atoms with Crippen LogP contribution in [0.1, 0.15) is 26.5 Å². The van der Waals surface area contributed by atoms with Crippen molar-refractivity contribution in [1.82, 2.24) is 25.2 Å². The minimum absolute atomic E-state index is 0.0341. The van der Waals surface area contributed by atoms with Crippen molar-refractivity contribution in [1.29, 1.82) is 0 Å². The van der Waals surface area contributed by atoms with Crippen molar-refractivity contribution in [3.05, 3.63) is 18.6 Å². The molecule has 0 radical (unpaired) electrons. The Kier molecular flexibility index (Phi) is 13.1. The molecule has 0 spiro atoms. The third-order valence-corrected chi connectivity index (χ3v) is 9.53. The Balaban J connectivity index is 1.66. The lowest BCUT2D eigenvalue weighted by molar-refractivity contribution is -0.349. The number of hydrogen-bond donors (Lipinski definition) is 6. The fourth-order valence-corrected chi connectivity index (χ4v) is 6.86. The molecule has 0 aromatic carbocycles. The van der Waals surface area contributed by atoms with E-state index in [9.17, 15) is 53.1 Å². The lowest BCUT2D eigenvalue weighted by Gasteiger charge is -2.37. The summed E-state index contributed by atoms with van der Waals surface area (Å²) in [4.78, 5) is 79.5. The van der Waals surface area contributed by atoms with E-state index in [1.807, 2.05) is 0 Å². The molecule has 22 nitrogen and oxygen atoms in total. The standard InChI is InChI=1S/C21H35N6O16P3S/c1-21(2,16(30)18(31)25-6-4-12(28)23-7-8-47)9-39-45(35,36)43-46(37,38)42-20-15(41-44(32,33)34)14(29)19(40-20)27-10-26-13-11(22)3-5-24-17(13)27/h3,5,10,14-16,19-20,29-30,47H,4,6-9H2,1-2H3,(H2,22,24)(H,23,28)(H,25,31)(H,35,36)(H,37,38)(H2,32,33,34)/p-4/t14-,15?,16-,19+,20+/m0/s1. The van der Waals surface area contributed by atoms with E-state index in [1.165, 1.54) is 26.1 Å². The topological polar surface area (TPSA) is 345 Å². The molecule has 0 bridgehead atoms. The van der Waals surface area contributed by atoms with Crippen LogP contribution in [0.4, 0.5) is 5.69 Å². The van der Waals surface area contributed by atoms with E-state index in [4.69, 9.17) is 10.5 Å². The summed E-state index contributed by atoms with van der Waals surface area (Å²) < 4.78 is 59.9. The fourth-order valence-electron chi connectivity index (χ4n) is 3.99. The van der Waals surface area contributed by atoms with E-state index in [1.54, 1.807) is 0 Å². The molecule has 2 aromatic rings. The molecule has 2 aromatic heterocycles. The Morgan fingerprint density at radius 1 is 1.15 bits per heavy atom. The molecule has 7 atom stereocenters. The van der Waals surface area contributed by atoms with Crippen LogP contribution < -0.4 is 35.9 Å². The Morgan fingerprint density at radius 3 is 2.47 bits per heavy atom. The molecular formula is C21H31N6O16P3S-4. The van der Waals surface area contributed by atoms with E-state index in [-0.39, 0.29) is 29.8 Å². The molecule has 2 amide bonds. The first-order valence-corrected chi connectivity index (χ1v) is 18.3. The minimum atomic E-state index is -6.11. The molecule has 1 aliphatic rings. The van der Waals surface area contributed by atoms with Gasteiger partial charge in [0.1, 0.15) is 23.8 Å². The molecule has 0 aliphatic carbocycles. The van der Waals surface area contributed by atoms with Crippen molar-refractivity contribution in [3.63, 3.8) is 0 Å². The van der Waals surface area contributed by atoms with Crippen molar-refractivity contribution in [2.45, 2.75) is 51.1 Å². The normalized spacial score (nSPS) is 23.6. The average molecular weight is 748 g/mol. The number of nitrogen functional groups attached to an aromatic ring is 1. The zero-order valence-electron chi connectivity index (χ0n) is 24.5. The van der Waals surface area contributed by atoms with Gasteiger partial charge in [0.2, 0.25) is 11.8 Å². The lowest BCUT2D eigenvalue weighted by Crippen LogP contribution is -2.46. The second-order valence-corrected chi connectivity index (χ2v) is 15.0. The largest absolute Gasteiger partial charge is 0.790 e. The molecule has 1 aliphatic heterocycles. The van der Waals surface area contributed by atoms with Gasteiger partial charge in [-0.15, -0.1) is 0 Å². The summed E-state index contributed by atoms with van der Waals surface area (Å²) in [5.74, 6) is -1.01. The number of pyridine rings is 1. The van der Waals surface area contributed by atoms with Gasteiger partial charge in [-0.3, -0.25) is 27.8 Å². The first kappa shape index (κ1) is 39.4. The number of aromatic nitrogens is 3. The van der Waals surface area contributed by atoms with Crippen molar-refractivity contribution in [2.24, 2.45) is 5.41 Å². The molecule has 3 rings (SSSR count). The number of aliphatic hydroxyl groups excluding tert-OH is 2. The number of phosphoric ester groups is 3. The van der Waals surface area contributed by atoms with Crippen LogP contribution in [0.15, 0.2) is 18.6 Å². The minimum Gasteiger partial charge on any atom is -0.790 e. The average Bonchev–Trinajstić information content (AvgIpc) is 3.50. The van der Waals surface area contributed by atoms with Crippen molar-refractivity contribution in [2.75, 3.05) is 31.2 Å². The third-order valence-electron chi connectivity index (χ3n) is 6.29. The van der Waals surface area contributed by atoms with E-state index in [0.29, 0.717) is 12.3 Å². The Bertz CT molecular complexity index is 1570. The molecule has 1 fully saturated rings. The van der Waals surface area contributed by atoms with Gasteiger partial charge in [-0.1, -0.05) is 13.8 Å². The number of anilines is 1. The highest BCUT2D eigenvalue weighted by molar-refractivity contribution is 7.80. The van der Waals surface area contributed by atoms with Crippen LogP contribution in [0.3, 0.4) is 0 Å². The Hall–Kier alpha value is -2.04. The maximum Gasteiger partial charge on any atom is 0.276 e. The number of nitrogens with zero attached hydrogens (tertiary/aromatic N) is 3. The maximum atomic E-state index is 12.6. The summed E-state index contributed by atoms with van der Waals surface area (Å²) in [6.07, 6.45) is -8.56. The molecule has 26 heteroatoms. The van der Waals surface area contributed by atoms with Gasteiger partial charge in [0.15, 0.2) is 18.2 Å². The van der Waals surface area contributed by atoms with Gasteiger partial charge in [0.25, 0.3) is 15.6 Å². The van der Waals surface area contributed by atoms with Crippen molar-refractivity contribution >= 4 is 64.8 Å². The van der Waals surface area contributed by atoms with Crippen LogP contribution in [-0.4, -0.2) is 86.6 Å². The molecule has 1 saturated heterocycles. The number of amides is 2. The Morgan fingerprint density at radius 2 is 1.83 bits per heavy atom. The summed E-state index contributed by atoms with van der Waals surface area (Å²) in [6.45, 7) is 1.48. The zero-order valence-corrected chi connectivity index (χ0v) is 28.0. The molecule has 0 saturated carbocycles. The molecule has 47 heavy (non-hydrogen) atoms. The van der Waals surface area contributed by atoms with Gasteiger partial charge in [-0.2, -0.15) is 12.6 Å². The predicted octanol–water partition coefficient (Wildman–Crippen LogP) is -3.63. The SMILES string of the molecule is CC(C)(COP(=O)([O-])OP(=O)([O-])O[C@H]1O[C@@H](n2cnc3c(N)ccnc32)[C@@H](O)C1OP(=O)([O-])[O-])[C@@H](O)C(=O)NCCC(=O)NCCS. The number of thiol groups is 1. The molecule has 266 valence electrons. The lowest BCUT2D eigenvalue weighted by atomic mass is 9.87. The van der Waals surface area contributed by atoms with Gasteiger partial charge in [-0.25, -0.2) is 14.3 Å². The van der Waals surface area contributed by atoms with Crippen LogP contribution in [-0.2, 0) is 45.9 Å². The van der Waals surface area contributed by atoms with Gasteiger partial charge < -0.3 is 64.5 Å². The number of phosphoric acid groups is 3. The molecule has 6 N–H and O–H groups in total. The number of nitrogens with two attached hydrogens (primary N) is 1. The first-order valence-electron chi connectivity index (χ1n) is 13.3. The quantitative estimate of drug-likeness (QED) is 0.0671. The van der Waals surface area contributed by atoms with E-state index < -0.39 is 78.1 Å². The van der Waals surface area contributed by atoms with E-state index in [2.05, 4.69) is 51.1 Å². The van der Waals surface area contributed by atoms with Crippen molar-refractivity contribution in [3.8, 4) is 0 Å². The van der Waals surface area contributed by atoms with E-state index in [0.717, 1.165) is 10.9 Å². The van der Waals surface area contributed by atoms with Crippen LogP contribution in [0, 0.1) is 5.41 Å². The smallest absolute Gasteiger partial charge is 0.276 e. The highest BCUT2D eigenvalue weighted by Crippen LogP contribution is 2.58. The summed E-state index contributed by atoms with van der Waals surface area (Å²) >= 11 is 3.93.